The van der Waals surface area contributed by atoms with Crippen molar-refractivity contribution in [3.05, 3.63) is 64.3 Å². The number of hydrogen-bond donors (Lipinski definition) is 0. The smallest absolute Gasteiger partial charge is 0.339 e. The summed E-state index contributed by atoms with van der Waals surface area (Å²) in [6.07, 6.45) is -4.08. The Morgan fingerprint density at radius 3 is 2.13 bits per heavy atom. The van der Waals surface area contributed by atoms with Gasteiger partial charge in [-0.15, -0.1) is 0 Å². The second kappa shape index (κ2) is 8.19. The minimum Gasteiger partial charge on any atom is -0.339 e. The number of pyridine rings is 1. The molecule has 0 radical (unpaired) electrons. The number of amides is 1. The lowest BCUT2D eigenvalue weighted by molar-refractivity contribution is -0.139. The van der Waals surface area contributed by atoms with E-state index in [1.165, 1.54) is 4.90 Å². The van der Waals surface area contributed by atoms with Crippen LogP contribution in [-0.4, -0.2) is 54.3 Å². The third-order valence-electron chi connectivity index (χ3n) is 4.66. The Labute approximate surface area is 169 Å². The zero-order valence-corrected chi connectivity index (χ0v) is 16.3. The van der Waals surface area contributed by atoms with Crippen LogP contribution in [0.15, 0.2) is 52.3 Å². The van der Waals surface area contributed by atoms with Crippen molar-refractivity contribution < 1.29 is 30.8 Å². The zero-order chi connectivity index (χ0) is 22.1. The number of aromatic nitrogens is 1. The number of hydrogen-bond acceptors (Lipinski definition) is 4. The molecular weight excluding hydrogens is 430 g/mol. The molecule has 0 spiro atoms. The van der Waals surface area contributed by atoms with Crippen molar-refractivity contribution in [2.75, 3.05) is 26.2 Å². The number of sulfonamides is 1. The van der Waals surface area contributed by atoms with Gasteiger partial charge in [0.15, 0.2) is 0 Å². The van der Waals surface area contributed by atoms with Gasteiger partial charge in [0.2, 0.25) is 15.9 Å². The average Bonchev–Trinajstić information content (AvgIpc) is 2.69. The molecule has 1 aromatic carbocycles. The lowest BCUT2D eigenvalue weighted by Crippen LogP contribution is -2.51. The largest absolute Gasteiger partial charge is 0.417 e. The highest BCUT2D eigenvalue weighted by molar-refractivity contribution is 7.89. The van der Waals surface area contributed by atoms with Gasteiger partial charge in [-0.05, 0) is 30.3 Å². The van der Waals surface area contributed by atoms with Crippen LogP contribution >= 0.6 is 0 Å². The number of alkyl halides is 3. The third-order valence-corrected chi connectivity index (χ3v) is 6.57. The van der Waals surface area contributed by atoms with E-state index in [1.807, 2.05) is 0 Å². The van der Waals surface area contributed by atoms with E-state index in [9.17, 15) is 35.6 Å². The molecule has 0 bridgehead atoms. The van der Waals surface area contributed by atoms with Gasteiger partial charge in [0.05, 0.1) is 10.5 Å². The number of carbonyl (C=O) groups excluding carboxylic acids is 1. The van der Waals surface area contributed by atoms with Crippen LogP contribution in [0.5, 0.6) is 0 Å². The highest BCUT2D eigenvalue weighted by atomic mass is 32.2. The molecule has 2 heterocycles. The summed E-state index contributed by atoms with van der Waals surface area (Å²) in [6, 6.07) is 5.72. The van der Waals surface area contributed by atoms with Crippen molar-refractivity contribution in [3.63, 3.8) is 0 Å². The summed E-state index contributed by atoms with van der Waals surface area (Å²) >= 11 is 0. The molecule has 0 unspecified atom stereocenters. The first-order valence-corrected chi connectivity index (χ1v) is 10.2. The van der Waals surface area contributed by atoms with E-state index in [1.54, 1.807) is 0 Å². The molecule has 30 heavy (non-hydrogen) atoms. The van der Waals surface area contributed by atoms with Crippen molar-refractivity contribution >= 4 is 15.9 Å². The fourth-order valence-corrected chi connectivity index (χ4v) is 4.42. The lowest BCUT2D eigenvalue weighted by atomic mass is 10.2. The summed E-state index contributed by atoms with van der Waals surface area (Å²) in [5, 5.41) is 0. The number of piperazine rings is 1. The number of nitrogens with zero attached hydrogens (tertiary/aromatic N) is 3. The van der Waals surface area contributed by atoms with Gasteiger partial charge >= 0.3 is 6.18 Å². The predicted molar refractivity (Wildman–Crippen MR) is 97.4 cm³/mol. The van der Waals surface area contributed by atoms with E-state index in [0.29, 0.717) is 16.8 Å². The minimum atomic E-state index is -4.65. The van der Waals surface area contributed by atoms with E-state index >= 15 is 0 Å². The molecular formula is C18H17F4N3O4S. The second-order valence-electron chi connectivity index (χ2n) is 6.62. The number of rotatable bonds is 4. The van der Waals surface area contributed by atoms with Gasteiger partial charge < -0.3 is 9.47 Å². The van der Waals surface area contributed by atoms with Gasteiger partial charge in [-0.2, -0.15) is 17.5 Å². The van der Waals surface area contributed by atoms with Gasteiger partial charge in [-0.1, -0.05) is 0 Å². The van der Waals surface area contributed by atoms with Crippen LogP contribution < -0.4 is 5.56 Å². The first-order valence-electron chi connectivity index (χ1n) is 8.80. The molecule has 1 aliphatic rings. The fraction of sp³-hybridized carbons (Fsp3) is 0.333. The van der Waals surface area contributed by atoms with Gasteiger partial charge in [0.25, 0.3) is 5.56 Å². The summed E-state index contributed by atoms with van der Waals surface area (Å²) < 4.78 is 78.5. The molecule has 1 aliphatic heterocycles. The Morgan fingerprint density at radius 2 is 1.57 bits per heavy atom. The predicted octanol–water partition coefficient (Wildman–Crippen LogP) is 1.54. The maximum Gasteiger partial charge on any atom is 0.417 e. The number of benzene rings is 1. The molecule has 0 saturated carbocycles. The Balaban J connectivity index is 1.66. The first kappa shape index (κ1) is 22.0. The fourth-order valence-electron chi connectivity index (χ4n) is 3.00. The van der Waals surface area contributed by atoms with Crippen LogP contribution in [-0.2, 0) is 27.5 Å². The van der Waals surface area contributed by atoms with Gasteiger partial charge in [0.1, 0.15) is 12.4 Å². The lowest BCUT2D eigenvalue weighted by Gasteiger charge is -2.34. The molecule has 7 nitrogen and oxygen atoms in total. The van der Waals surface area contributed by atoms with Crippen LogP contribution in [0.4, 0.5) is 17.6 Å². The van der Waals surface area contributed by atoms with Crippen molar-refractivity contribution in [1.82, 2.24) is 13.8 Å². The Bertz CT molecular complexity index is 1090. The van der Waals surface area contributed by atoms with Crippen LogP contribution in [0.1, 0.15) is 5.56 Å². The molecule has 12 heteroatoms. The van der Waals surface area contributed by atoms with E-state index in [0.717, 1.165) is 34.6 Å². The van der Waals surface area contributed by atoms with Crippen molar-refractivity contribution in [3.8, 4) is 0 Å². The number of halogens is 4. The minimum absolute atomic E-state index is 0.00691. The molecule has 0 aliphatic carbocycles. The summed E-state index contributed by atoms with van der Waals surface area (Å²) in [6.45, 7) is -0.653. The van der Waals surface area contributed by atoms with E-state index in [2.05, 4.69) is 0 Å². The highest BCUT2D eigenvalue weighted by Gasteiger charge is 2.32. The summed E-state index contributed by atoms with van der Waals surface area (Å²) in [5.41, 5.74) is -1.81. The molecule has 1 saturated heterocycles. The van der Waals surface area contributed by atoms with E-state index in [4.69, 9.17) is 0 Å². The van der Waals surface area contributed by atoms with Gasteiger partial charge in [0, 0.05) is 38.4 Å². The molecule has 162 valence electrons. The van der Waals surface area contributed by atoms with E-state index in [-0.39, 0.29) is 31.1 Å². The maximum atomic E-state index is 13.0. The van der Waals surface area contributed by atoms with Gasteiger partial charge in [-0.25, -0.2) is 12.8 Å². The molecule has 1 aromatic heterocycles. The molecule has 1 amide bonds. The quantitative estimate of drug-likeness (QED) is 0.667. The SMILES string of the molecule is O=C(Cn1cc(C(F)(F)F)ccc1=O)N1CCN(S(=O)(=O)c2ccc(F)cc2)CC1. The molecule has 0 atom stereocenters. The second-order valence-corrected chi connectivity index (χ2v) is 8.56. The Hall–Kier alpha value is -2.73. The zero-order valence-electron chi connectivity index (χ0n) is 15.5. The standard InChI is InChI=1S/C18H17F4N3O4S/c19-14-2-4-15(5-3-14)30(28,29)25-9-7-23(8-10-25)17(27)12-24-11-13(18(20,21)22)1-6-16(24)26/h1-6,11H,7-10,12H2. The summed E-state index contributed by atoms with van der Waals surface area (Å²) in [4.78, 5) is 25.4. The summed E-state index contributed by atoms with van der Waals surface area (Å²) in [5.74, 6) is -1.18. The van der Waals surface area contributed by atoms with Crippen LogP contribution in [0.2, 0.25) is 0 Å². The first-order chi connectivity index (χ1) is 14.0. The van der Waals surface area contributed by atoms with Crippen molar-refractivity contribution in [1.29, 1.82) is 0 Å². The monoisotopic (exact) mass is 447 g/mol. The molecule has 0 N–H and O–H groups in total. The van der Waals surface area contributed by atoms with E-state index < -0.39 is 45.6 Å². The Kier molecular flexibility index (Phi) is 5.99. The summed E-state index contributed by atoms with van der Waals surface area (Å²) in [7, 11) is -3.87. The number of carbonyl (C=O) groups is 1. The molecule has 2 aromatic rings. The highest BCUT2D eigenvalue weighted by Crippen LogP contribution is 2.28. The average molecular weight is 447 g/mol. The normalized spacial score (nSPS) is 15.9. The van der Waals surface area contributed by atoms with Crippen LogP contribution in [0.25, 0.3) is 0 Å². The topological polar surface area (TPSA) is 79.7 Å². The van der Waals surface area contributed by atoms with Gasteiger partial charge in [-0.3, -0.25) is 9.59 Å². The third kappa shape index (κ3) is 4.70. The molecule has 3 rings (SSSR count). The molecule has 1 fully saturated rings. The van der Waals surface area contributed by atoms with Crippen molar-refractivity contribution in [2.24, 2.45) is 0 Å². The Morgan fingerprint density at radius 1 is 0.967 bits per heavy atom. The van der Waals surface area contributed by atoms with Crippen molar-refractivity contribution in [2.45, 2.75) is 17.6 Å². The maximum absolute atomic E-state index is 13.0. The van der Waals surface area contributed by atoms with Crippen LogP contribution in [0.3, 0.4) is 0 Å². The van der Waals surface area contributed by atoms with Crippen LogP contribution in [0, 0.1) is 5.82 Å².